The van der Waals surface area contributed by atoms with E-state index in [1.165, 1.54) is 26.1 Å². The van der Waals surface area contributed by atoms with E-state index in [4.69, 9.17) is 4.74 Å². The van der Waals surface area contributed by atoms with Crippen molar-refractivity contribution in [2.24, 2.45) is 7.05 Å². The fourth-order valence-corrected chi connectivity index (χ4v) is 4.41. The molecule has 1 aromatic carbocycles. The second-order valence-electron chi connectivity index (χ2n) is 8.77. The van der Waals surface area contributed by atoms with E-state index in [0.717, 1.165) is 10.7 Å². The van der Waals surface area contributed by atoms with Gasteiger partial charge in [-0.25, -0.2) is 4.68 Å². The van der Waals surface area contributed by atoms with E-state index in [-0.39, 0.29) is 16.5 Å². The van der Waals surface area contributed by atoms with Gasteiger partial charge in [0.05, 0.1) is 29.1 Å². The number of nitrogens with one attached hydrogen (secondary N) is 1. The van der Waals surface area contributed by atoms with Crippen LogP contribution in [-0.2, 0) is 23.5 Å². The molecule has 0 bridgehead atoms. The van der Waals surface area contributed by atoms with Crippen molar-refractivity contribution >= 4 is 16.6 Å². The summed E-state index contributed by atoms with van der Waals surface area (Å²) in [7, 11) is 1.46. The maximum Gasteiger partial charge on any atom is 0.416 e. The molecule has 0 aliphatic carbocycles. The summed E-state index contributed by atoms with van der Waals surface area (Å²) in [6.45, 7) is 5.94. The number of hydrogen-bond acceptors (Lipinski definition) is 5. The van der Waals surface area contributed by atoms with Crippen LogP contribution in [0.1, 0.15) is 43.0 Å². The van der Waals surface area contributed by atoms with Crippen LogP contribution in [0.15, 0.2) is 40.1 Å². The number of rotatable bonds is 4. The Bertz CT molecular complexity index is 1340. The Morgan fingerprint density at radius 3 is 2.61 bits per heavy atom. The molecule has 0 radical (unpaired) electrons. The summed E-state index contributed by atoms with van der Waals surface area (Å²) in [5, 5.41) is 8.07. The van der Waals surface area contributed by atoms with Crippen LogP contribution in [0.25, 0.3) is 10.8 Å². The highest BCUT2D eigenvalue weighted by Gasteiger charge is 2.34. The van der Waals surface area contributed by atoms with Crippen molar-refractivity contribution in [1.29, 1.82) is 0 Å². The van der Waals surface area contributed by atoms with Crippen molar-refractivity contribution in [1.82, 2.24) is 14.3 Å². The molecule has 1 unspecified atom stereocenters. The Balaban J connectivity index is 1.84. The normalized spacial score (nSPS) is 19.7. The molecule has 10 heteroatoms. The second-order valence-corrected chi connectivity index (χ2v) is 8.77. The highest BCUT2D eigenvalue weighted by atomic mass is 19.4. The maximum atomic E-state index is 13.4. The van der Waals surface area contributed by atoms with Gasteiger partial charge in [-0.15, -0.1) is 0 Å². The Labute approximate surface area is 187 Å². The molecule has 176 valence electrons. The lowest BCUT2D eigenvalue weighted by Gasteiger charge is -2.26. The van der Waals surface area contributed by atoms with Gasteiger partial charge >= 0.3 is 6.18 Å². The van der Waals surface area contributed by atoms with E-state index in [2.05, 4.69) is 10.4 Å². The average molecular weight is 462 g/mol. The molecular formula is C23H25F3N4O3. The molecule has 1 saturated heterocycles. The lowest BCUT2D eigenvalue weighted by molar-refractivity contribution is -0.138. The predicted octanol–water partition coefficient (Wildman–Crippen LogP) is 3.73. The molecule has 0 saturated carbocycles. The Morgan fingerprint density at radius 1 is 1.24 bits per heavy atom. The third-order valence-electron chi connectivity index (χ3n) is 6.36. The van der Waals surface area contributed by atoms with Gasteiger partial charge in [0, 0.05) is 31.3 Å². The molecule has 0 spiro atoms. The number of halogens is 3. The Kier molecular flexibility index (Phi) is 5.60. The number of hydrogen-bond donors (Lipinski definition) is 1. The number of alkyl halides is 3. The van der Waals surface area contributed by atoms with Crippen molar-refractivity contribution in [2.75, 3.05) is 18.5 Å². The smallest absolute Gasteiger partial charge is 0.379 e. The minimum Gasteiger partial charge on any atom is -0.379 e. The van der Waals surface area contributed by atoms with Gasteiger partial charge in [0.1, 0.15) is 0 Å². The highest BCUT2D eigenvalue weighted by Crippen LogP contribution is 2.35. The van der Waals surface area contributed by atoms with E-state index in [0.29, 0.717) is 36.4 Å². The van der Waals surface area contributed by atoms with Gasteiger partial charge in [0.25, 0.3) is 11.1 Å². The van der Waals surface area contributed by atoms with Crippen LogP contribution in [0.3, 0.4) is 0 Å². The first-order valence-corrected chi connectivity index (χ1v) is 10.6. The monoisotopic (exact) mass is 462 g/mol. The SMILES string of the molecule is Cc1c([C@@H](C)Nc2nn(C)c(=O)c3cc(=O)n(C4(C)CCOC4)cc23)cccc1C(F)(F)F. The summed E-state index contributed by atoms with van der Waals surface area (Å²) in [5.41, 5.74) is -1.45. The van der Waals surface area contributed by atoms with E-state index in [1.807, 2.05) is 6.92 Å². The lowest BCUT2D eigenvalue weighted by atomic mass is 9.97. The van der Waals surface area contributed by atoms with Crippen LogP contribution < -0.4 is 16.4 Å². The first-order chi connectivity index (χ1) is 15.4. The minimum absolute atomic E-state index is 0.117. The number of nitrogens with zero attached hydrogens (tertiary/aromatic N) is 3. The van der Waals surface area contributed by atoms with Gasteiger partial charge in [-0.2, -0.15) is 18.3 Å². The topological polar surface area (TPSA) is 78.2 Å². The third-order valence-corrected chi connectivity index (χ3v) is 6.36. The van der Waals surface area contributed by atoms with Gasteiger partial charge in [0.15, 0.2) is 5.82 Å². The number of benzene rings is 1. The predicted molar refractivity (Wildman–Crippen MR) is 119 cm³/mol. The molecule has 2 atom stereocenters. The number of fused-ring (bicyclic) bond motifs is 1. The number of aryl methyl sites for hydroxylation is 1. The summed E-state index contributed by atoms with van der Waals surface area (Å²) in [6, 6.07) is 4.78. The summed E-state index contributed by atoms with van der Waals surface area (Å²) >= 11 is 0. The second kappa shape index (κ2) is 8.02. The molecule has 3 heterocycles. The Morgan fingerprint density at radius 2 is 1.97 bits per heavy atom. The first kappa shape index (κ1) is 23.0. The molecule has 3 aromatic rings. The lowest BCUT2D eigenvalue weighted by Crippen LogP contribution is -2.39. The zero-order chi connectivity index (χ0) is 24.1. The zero-order valence-electron chi connectivity index (χ0n) is 18.8. The molecule has 33 heavy (non-hydrogen) atoms. The zero-order valence-corrected chi connectivity index (χ0v) is 18.8. The summed E-state index contributed by atoms with van der Waals surface area (Å²) in [5.74, 6) is 0.299. The van der Waals surface area contributed by atoms with Crippen LogP contribution in [0.2, 0.25) is 0 Å². The average Bonchev–Trinajstić information content (AvgIpc) is 3.18. The molecule has 1 aliphatic heterocycles. The quantitative estimate of drug-likeness (QED) is 0.639. The number of anilines is 1. The largest absolute Gasteiger partial charge is 0.416 e. The van der Waals surface area contributed by atoms with Crippen LogP contribution in [0, 0.1) is 6.92 Å². The van der Waals surface area contributed by atoms with E-state index in [9.17, 15) is 22.8 Å². The van der Waals surface area contributed by atoms with Crippen LogP contribution >= 0.6 is 0 Å². The fraction of sp³-hybridized carbons (Fsp3) is 0.435. The first-order valence-electron chi connectivity index (χ1n) is 10.6. The van der Waals surface area contributed by atoms with Crippen LogP contribution in [-0.4, -0.2) is 27.6 Å². The van der Waals surface area contributed by atoms with Crippen molar-refractivity contribution < 1.29 is 17.9 Å². The molecule has 0 amide bonds. The van der Waals surface area contributed by atoms with Gasteiger partial charge < -0.3 is 14.6 Å². The minimum atomic E-state index is -4.46. The summed E-state index contributed by atoms with van der Waals surface area (Å²) in [4.78, 5) is 25.5. The summed E-state index contributed by atoms with van der Waals surface area (Å²) < 4.78 is 48.3. The third kappa shape index (κ3) is 4.03. The van der Waals surface area contributed by atoms with Gasteiger partial charge in [0.2, 0.25) is 0 Å². The van der Waals surface area contributed by atoms with E-state index < -0.39 is 28.9 Å². The molecule has 7 nitrogen and oxygen atoms in total. The molecule has 1 fully saturated rings. The molecule has 2 aromatic heterocycles. The van der Waals surface area contributed by atoms with Crippen LogP contribution in [0.4, 0.5) is 19.0 Å². The van der Waals surface area contributed by atoms with Crippen LogP contribution in [0.5, 0.6) is 0 Å². The summed E-state index contributed by atoms with van der Waals surface area (Å²) in [6.07, 6.45) is -2.23. The van der Waals surface area contributed by atoms with Crippen molar-refractivity contribution in [2.45, 2.75) is 44.9 Å². The maximum absolute atomic E-state index is 13.4. The van der Waals surface area contributed by atoms with Crippen molar-refractivity contribution in [3.05, 3.63) is 67.9 Å². The van der Waals surface area contributed by atoms with Crippen molar-refractivity contribution in [3.8, 4) is 0 Å². The number of ether oxygens (including phenoxy) is 1. The fourth-order valence-electron chi connectivity index (χ4n) is 4.41. The van der Waals surface area contributed by atoms with Gasteiger partial charge in [-0.05, 0) is 44.4 Å². The van der Waals surface area contributed by atoms with E-state index in [1.54, 1.807) is 23.8 Å². The highest BCUT2D eigenvalue weighted by molar-refractivity contribution is 5.90. The number of pyridine rings is 1. The number of aromatic nitrogens is 3. The standard InChI is InChI=1S/C23H25F3N4O3/c1-13-15(6-5-7-18(13)23(24,25)26)14(2)27-20-17-11-30(22(3)8-9-33-12-22)19(31)10-16(17)21(32)29(4)28-20/h5-7,10-11,14H,8-9,12H2,1-4H3,(H,27,28)/t14-,22?/m1/s1. The van der Waals surface area contributed by atoms with Gasteiger partial charge in [-0.3, -0.25) is 9.59 Å². The molecule has 4 rings (SSSR count). The molecular weight excluding hydrogens is 437 g/mol. The van der Waals surface area contributed by atoms with E-state index >= 15 is 0 Å². The molecule has 1 N–H and O–H groups in total. The van der Waals surface area contributed by atoms with Crippen molar-refractivity contribution in [3.63, 3.8) is 0 Å². The van der Waals surface area contributed by atoms with Gasteiger partial charge in [-0.1, -0.05) is 12.1 Å². The molecule has 1 aliphatic rings. The Hall–Kier alpha value is -3.14.